The van der Waals surface area contributed by atoms with Crippen molar-refractivity contribution in [1.29, 1.82) is 0 Å². The average Bonchev–Trinajstić information content (AvgIpc) is 2.81. The van der Waals surface area contributed by atoms with Gasteiger partial charge in [-0.1, -0.05) is 11.3 Å². The van der Waals surface area contributed by atoms with Crippen LogP contribution < -0.4 is 14.2 Å². The molecule has 4 nitrogen and oxygen atoms in total. The van der Waals surface area contributed by atoms with E-state index < -0.39 is 0 Å². The predicted molar refractivity (Wildman–Crippen MR) is 60.6 cm³/mol. The second-order valence-corrected chi connectivity index (χ2v) is 3.68. The van der Waals surface area contributed by atoms with E-state index in [1.807, 2.05) is 0 Å². The lowest BCUT2D eigenvalue weighted by Gasteiger charge is -2.08. The normalized spacial score (nSPS) is 9.88. The highest BCUT2D eigenvalue weighted by atomic mass is 32.1. The van der Waals surface area contributed by atoms with Gasteiger partial charge >= 0.3 is 0 Å². The smallest absolute Gasteiger partial charge is 0.279 e. The number of methoxy groups -OCH3 is 2. The molecule has 0 saturated heterocycles. The Morgan fingerprint density at radius 2 is 2.00 bits per heavy atom. The van der Waals surface area contributed by atoms with Gasteiger partial charge in [-0.05, 0) is 12.1 Å². The fourth-order valence-electron chi connectivity index (χ4n) is 1.21. The van der Waals surface area contributed by atoms with Crippen LogP contribution in [0.5, 0.6) is 22.4 Å². The Balaban J connectivity index is 2.22. The highest BCUT2D eigenvalue weighted by Gasteiger charge is 2.06. The Morgan fingerprint density at radius 1 is 1.19 bits per heavy atom. The molecule has 2 aromatic rings. The lowest BCUT2D eigenvalue weighted by molar-refractivity contribution is 0.352. The van der Waals surface area contributed by atoms with Crippen molar-refractivity contribution in [3.8, 4) is 22.4 Å². The maximum Gasteiger partial charge on any atom is 0.279 e. The summed E-state index contributed by atoms with van der Waals surface area (Å²) in [7, 11) is 3.17. The average molecular weight is 236 g/mol. The van der Waals surface area contributed by atoms with E-state index in [1.54, 1.807) is 37.8 Å². The summed E-state index contributed by atoms with van der Waals surface area (Å²) in [5.74, 6) is 1.95. The lowest BCUT2D eigenvalue weighted by atomic mass is 10.3. The van der Waals surface area contributed by atoms with Gasteiger partial charge in [0.2, 0.25) is 0 Å². The minimum atomic E-state index is 0.548. The van der Waals surface area contributed by atoms with Crippen molar-refractivity contribution in [3.05, 3.63) is 29.8 Å². The minimum absolute atomic E-state index is 0.548. The van der Waals surface area contributed by atoms with E-state index in [1.165, 1.54) is 11.3 Å². The maximum absolute atomic E-state index is 5.50. The Labute approximate surface area is 97.4 Å². The number of rotatable bonds is 4. The molecule has 0 bridgehead atoms. The Kier molecular flexibility index (Phi) is 3.26. The van der Waals surface area contributed by atoms with Crippen LogP contribution in [0.3, 0.4) is 0 Å². The summed E-state index contributed by atoms with van der Waals surface area (Å²) in [6.45, 7) is 0. The molecule has 5 heteroatoms. The molecule has 1 radical (unpaired) electrons. The SMILES string of the molecule is COc1ccc(Oc2n[c]cs2)cc1OC. The number of thiazole rings is 1. The Morgan fingerprint density at radius 3 is 2.62 bits per heavy atom. The molecular formula is C11H10NO3S. The van der Waals surface area contributed by atoms with Gasteiger partial charge in [0.25, 0.3) is 5.19 Å². The molecule has 0 unspecified atom stereocenters. The zero-order chi connectivity index (χ0) is 11.4. The zero-order valence-corrected chi connectivity index (χ0v) is 9.71. The van der Waals surface area contributed by atoms with E-state index in [4.69, 9.17) is 14.2 Å². The highest BCUT2D eigenvalue weighted by molar-refractivity contribution is 7.11. The molecule has 1 aromatic carbocycles. The van der Waals surface area contributed by atoms with Crippen LogP contribution in [-0.4, -0.2) is 19.2 Å². The third-order valence-electron chi connectivity index (χ3n) is 1.93. The van der Waals surface area contributed by atoms with Gasteiger partial charge in [0.1, 0.15) is 11.9 Å². The fraction of sp³-hybridized carbons (Fsp3) is 0.182. The first-order chi connectivity index (χ1) is 7.83. The maximum atomic E-state index is 5.50. The predicted octanol–water partition coefficient (Wildman–Crippen LogP) is 2.75. The lowest BCUT2D eigenvalue weighted by Crippen LogP contribution is -1.91. The van der Waals surface area contributed by atoms with Crippen LogP contribution in [0.2, 0.25) is 0 Å². The van der Waals surface area contributed by atoms with Crippen molar-refractivity contribution in [2.45, 2.75) is 0 Å². The fourth-order valence-corrected chi connectivity index (χ4v) is 1.67. The number of nitrogens with zero attached hydrogens (tertiary/aromatic N) is 1. The molecule has 0 aliphatic heterocycles. The third-order valence-corrected chi connectivity index (χ3v) is 2.53. The van der Waals surface area contributed by atoms with Crippen molar-refractivity contribution in [1.82, 2.24) is 4.98 Å². The molecule has 1 heterocycles. The monoisotopic (exact) mass is 236 g/mol. The van der Waals surface area contributed by atoms with Crippen LogP contribution in [0.15, 0.2) is 23.6 Å². The van der Waals surface area contributed by atoms with Crippen molar-refractivity contribution in [2.24, 2.45) is 0 Å². The number of hydrogen-bond acceptors (Lipinski definition) is 5. The van der Waals surface area contributed by atoms with Gasteiger partial charge in [-0.15, -0.1) is 0 Å². The van der Waals surface area contributed by atoms with Gasteiger partial charge in [-0.2, -0.15) is 0 Å². The van der Waals surface area contributed by atoms with E-state index in [0.717, 1.165) is 0 Å². The van der Waals surface area contributed by atoms with Crippen LogP contribution in [0.4, 0.5) is 0 Å². The van der Waals surface area contributed by atoms with Crippen molar-refractivity contribution < 1.29 is 14.2 Å². The molecule has 0 aliphatic carbocycles. The van der Waals surface area contributed by atoms with Crippen molar-refractivity contribution in [2.75, 3.05) is 14.2 Å². The van der Waals surface area contributed by atoms with E-state index in [2.05, 4.69) is 11.2 Å². The molecule has 0 saturated carbocycles. The Hall–Kier alpha value is -1.75. The summed E-state index contributed by atoms with van der Waals surface area (Å²) in [5.41, 5.74) is 0. The summed E-state index contributed by atoms with van der Waals surface area (Å²) >= 11 is 1.38. The highest BCUT2D eigenvalue weighted by Crippen LogP contribution is 2.33. The summed E-state index contributed by atoms with van der Waals surface area (Å²) < 4.78 is 15.8. The number of benzene rings is 1. The van der Waals surface area contributed by atoms with Crippen LogP contribution >= 0.6 is 11.3 Å². The topological polar surface area (TPSA) is 40.6 Å². The van der Waals surface area contributed by atoms with Gasteiger partial charge in [-0.25, -0.2) is 4.98 Å². The van der Waals surface area contributed by atoms with Gasteiger partial charge in [0.05, 0.1) is 14.2 Å². The first-order valence-electron chi connectivity index (χ1n) is 4.55. The second kappa shape index (κ2) is 4.85. The summed E-state index contributed by atoms with van der Waals surface area (Å²) in [6, 6.07) is 5.33. The molecule has 0 fully saturated rings. The van der Waals surface area contributed by atoms with E-state index in [-0.39, 0.29) is 0 Å². The molecule has 1 aromatic heterocycles. The number of hydrogen-bond donors (Lipinski definition) is 0. The Bertz CT molecular complexity index is 456. The van der Waals surface area contributed by atoms with Gasteiger partial charge in [0.15, 0.2) is 11.5 Å². The molecule has 0 spiro atoms. The van der Waals surface area contributed by atoms with Crippen LogP contribution in [0.1, 0.15) is 0 Å². The summed E-state index contributed by atoms with van der Waals surface area (Å²) in [4.78, 5) is 3.91. The molecule has 2 rings (SSSR count). The number of aromatic nitrogens is 1. The molecule has 0 N–H and O–H groups in total. The zero-order valence-electron chi connectivity index (χ0n) is 8.89. The third kappa shape index (κ3) is 2.25. The van der Waals surface area contributed by atoms with Crippen LogP contribution in [0, 0.1) is 6.20 Å². The largest absolute Gasteiger partial charge is 0.493 e. The van der Waals surface area contributed by atoms with Crippen molar-refractivity contribution >= 4 is 11.3 Å². The molecular weight excluding hydrogens is 226 g/mol. The minimum Gasteiger partial charge on any atom is -0.493 e. The van der Waals surface area contributed by atoms with Gasteiger partial charge < -0.3 is 14.2 Å². The molecule has 0 atom stereocenters. The quantitative estimate of drug-likeness (QED) is 0.818. The van der Waals surface area contributed by atoms with E-state index in [0.29, 0.717) is 22.4 Å². The van der Waals surface area contributed by atoms with E-state index >= 15 is 0 Å². The first-order valence-corrected chi connectivity index (χ1v) is 5.43. The number of ether oxygens (including phenoxy) is 3. The second-order valence-electron chi connectivity index (χ2n) is 2.86. The molecule has 0 aliphatic rings. The standard InChI is InChI=1S/C11H10NO3S/c1-13-9-4-3-8(7-10(9)14-2)15-11-12-5-6-16-11/h3-4,6-7H,1-2H3. The van der Waals surface area contributed by atoms with Gasteiger partial charge in [0, 0.05) is 11.4 Å². The van der Waals surface area contributed by atoms with Crippen LogP contribution in [-0.2, 0) is 0 Å². The van der Waals surface area contributed by atoms with E-state index in [9.17, 15) is 0 Å². The van der Waals surface area contributed by atoms with Crippen molar-refractivity contribution in [3.63, 3.8) is 0 Å². The molecule has 0 amide bonds. The summed E-state index contributed by atoms with van der Waals surface area (Å²) in [6.07, 6.45) is 2.69. The molecule has 83 valence electrons. The summed E-state index contributed by atoms with van der Waals surface area (Å²) in [5, 5.41) is 2.28. The van der Waals surface area contributed by atoms with Crippen LogP contribution in [0.25, 0.3) is 0 Å². The first kappa shape index (κ1) is 10.8. The molecule has 16 heavy (non-hydrogen) atoms. The van der Waals surface area contributed by atoms with Gasteiger partial charge in [-0.3, -0.25) is 0 Å².